The number of hydrogen-bond donors (Lipinski definition) is 0. The fourth-order valence-corrected chi connectivity index (χ4v) is 2.25. The first-order chi connectivity index (χ1) is 8.09. The maximum Gasteiger partial charge on any atom is 0.137 e. The van der Waals surface area contributed by atoms with Gasteiger partial charge in [-0.1, -0.05) is 0 Å². The van der Waals surface area contributed by atoms with Crippen LogP contribution in [0.3, 0.4) is 0 Å². The Labute approximate surface area is 111 Å². The number of alkyl halides is 1. The topological polar surface area (TPSA) is 18.5 Å². The van der Waals surface area contributed by atoms with Gasteiger partial charge in [0.15, 0.2) is 0 Å². The third-order valence-electron chi connectivity index (χ3n) is 2.50. The predicted molar refractivity (Wildman–Crippen MR) is 63.2 cm³/mol. The standard InChI is InChI=1S/C11H10BrClF2O2/c12-7-4-8(14)6(3-9(7)15)11(13)10-5-16-1-2-17-10/h3-4,10-11H,1-2,5H2. The van der Waals surface area contributed by atoms with Gasteiger partial charge in [-0.25, -0.2) is 8.78 Å². The molecule has 0 bridgehead atoms. The van der Waals surface area contributed by atoms with Gasteiger partial charge in [-0.2, -0.15) is 0 Å². The SMILES string of the molecule is Fc1cc(C(Cl)C2COCCO2)c(F)cc1Br. The Morgan fingerprint density at radius 1 is 1.29 bits per heavy atom. The highest BCUT2D eigenvalue weighted by Gasteiger charge is 2.27. The summed E-state index contributed by atoms with van der Waals surface area (Å²) in [6.07, 6.45) is -0.458. The molecule has 0 amide bonds. The molecule has 1 aliphatic heterocycles. The van der Waals surface area contributed by atoms with Gasteiger partial charge in [0.05, 0.1) is 29.7 Å². The Morgan fingerprint density at radius 3 is 2.71 bits per heavy atom. The smallest absolute Gasteiger partial charge is 0.137 e. The lowest BCUT2D eigenvalue weighted by Crippen LogP contribution is -2.32. The molecule has 0 aliphatic carbocycles. The zero-order valence-electron chi connectivity index (χ0n) is 8.76. The fraction of sp³-hybridized carbons (Fsp3) is 0.455. The third-order valence-corrected chi connectivity index (χ3v) is 3.63. The van der Waals surface area contributed by atoms with Crippen LogP contribution in [0.1, 0.15) is 10.9 Å². The summed E-state index contributed by atoms with van der Waals surface area (Å²) in [5, 5.41) is -0.766. The Kier molecular flexibility index (Phi) is 4.36. The molecule has 0 aromatic heterocycles. The van der Waals surface area contributed by atoms with Gasteiger partial charge in [0.1, 0.15) is 17.7 Å². The summed E-state index contributed by atoms with van der Waals surface area (Å²) in [5.74, 6) is -1.11. The van der Waals surface area contributed by atoms with E-state index in [1.54, 1.807) is 0 Å². The van der Waals surface area contributed by atoms with Crippen molar-refractivity contribution in [2.24, 2.45) is 0 Å². The van der Waals surface area contributed by atoms with Gasteiger partial charge in [0, 0.05) is 5.56 Å². The highest BCUT2D eigenvalue weighted by atomic mass is 79.9. The van der Waals surface area contributed by atoms with E-state index >= 15 is 0 Å². The average Bonchev–Trinajstić information content (AvgIpc) is 2.34. The minimum absolute atomic E-state index is 0.0726. The van der Waals surface area contributed by atoms with E-state index in [1.807, 2.05) is 0 Å². The molecule has 1 saturated heterocycles. The second-order valence-electron chi connectivity index (χ2n) is 3.67. The maximum atomic E-state index is 13.7. The predicted octanol–water partition coefficient (Wildman–Crippen LogP) is 3.42. The van der Waals surface area contributed by atoms with Crippen molar-refractivity contribution in [1.29, 1.82) is 0 Å². The lowest BCUT2D eigenvalue weighted by molar-refractivity contribution is -0.0895. The molecule has 1 heterocycles. The van der Waals surface area contributed by atoms with Gasteiger partial charge in [0.25, 0.3) is 0 Å². The lowest BCUT2D eigenvalue weighted by atomic mass is 10.1. The van der Waals surface area contributed by atoms with Crippen molar-refractivity contribution < 1.29 is 18.3 Å². The van der Waals surface area contributed by atoms with Gasteiger partial charge >= 0.3 is 0 Å². The van der Waals surface area contributed by atoms with Crippen LogP contribution in [0, 0.1) is 11.6 Å². The number of ether oxygens (including phenoxy) is 2. The van der Waals surface area contributed by atoms with Crippen LogP contribution in [-0.4, -0.2) is 25.9 Å². The number of benzene rings is 1. The summed E-state index contributed by atoms with van der Waals surface area (Å²) in [7, 11) is 0. The Bertz CT molecular complexity index is 411. The Hall–Kier alpha value is -0.230. The quantitative estimate of drug-likeness (QED) is 0.612. The minimum Gasteiger partial charge on any atom is -0.376 e. The van der Waals surface area contributed by atoms with E-state index in [4.69, 9.17) is 21.1 Å². The molecule has 17 heavy (non-hydrogen) atoms. The average molecular weight is 328 g/mol. The van der Waals surface area contributed by atoms with Crippen molar-refractivity contribution in [2.45, 2.75) is 11.5 Å². The van der Waals surface area contributed by atoms with Crippen molar-refractivity contribution in [3.63, 3.8) is 0 Å². The van der Waals surface area contributed by atoms with Gasteiger partial charge in [-0.15, -0.1) is 11.6 Å². The zero-order chi connectivity index (χ0) is 12.4. The van der Waals surface area contributed by atoms with Crippen LogP contribution in [0.25, 0.3) is 0 Å². The summed E-state index contributed by atoms with van der Waals surface area (Å²) in [4.78, 5) is 0. The maximum absolute atomic E-state index is 13.7. The number of halogens is 4. The molecule has 1 aliphatic rings. The van der Waals surface area contributed by atoms with Crippen molar-refractivity contribution in [2.75, 3.05) is 19.8 Å². The highest BCUT2D eigenvalue weighted by Crippen LogP contribution is 2.32. The first-order valence-corrected chi connectivity index (χ1v) is 6.30. The minimum atomic E-state index is -0.766. The van der Waals surface area contributed by atoms with E-state index in [0.29, 0.717) is 13.2 Å². The lowest BCUT2D eigenvalue weighted by Gasteiger charge is -2.27. The largest absolute Gasteiger partial charge is 0.376 e. The molecule has 2 nitrogen and oxygen atoms in total. The van der Waals surface area contributed by atoms with Crippen LogP contribution in [0.2, 0.25) is 0 Å². The van der Waals surface area contributed by atoms with E-state index in [-0.39, 0.29) is 16.6 Å². The molecule has 1 fully saturated rings. The summed E-state index contributed by atoms with van der Waals surface area (Å²) < 4.78 is 37.6. The zero-order valence-corrected chi connectivity index (χ0v) is 11.1. The third kappa shape index (κ3) is 2.96. The highest BCUT2D eigenvalue weighted by molar-refractivity contribution is 9.10. The molecule has 1 aromatic rings. The molecule has 2 rings (SSSR count). The number of hydrogen-bond acceptors (Lipinski definition) is 2. The van der Waals surface area contributed by atoms with E-state index in [1.165, 1.54) is 0 Å². The number of rotatable bonds is 2. The summed E-state index contributed by atoms with van der Waals surface area (Å²) in [6, 6.07) is 2.14. The van der Waals surface area contributed by atoms with Crippen LogP contribution in [0.15, 0.2) is 16.6 Å². The van der Waals surface area contributed by atoms with Crippen molar-refractivity contribution in [3.05, 3.63) is 33.8 Å². The van der Waals surface area contributed by atoms with Crippen LogP contribution in [-0.2, 0) is 9.47 Å². The molecule has 0 spiro atoms. The first kappa shape index (κ1) is 13.2. The van der Waals surface area contributed by atoms with Crippen molar-refractivity contribution in [3.8, 4) is 0 Å². The van der Waals surface area contributed by atoms with Crippen LogP contribution >= 0.6 is 27.5 Å². The van der Waals surface area contributed by atoms with Gasteiger partial charge in [-0.3, -0.25) is 0 Å². The van der Waals surface area contributed by atoms with E-state index in [2.05, 4.69) is 15.9 Å². The second kappa shape index (κ2) is 5.61. The molecule has 2 atom stereocenters. The van der Waals surface area contributed by atoms with Crippen molar-refractivity contribution in [1.82, 2.24) is 0 Å². The summed E-state index contributed by atoms with van der Waals surface area (Å²) in [6.45, 7) is 1.19. The molecular weight excluding hydrogens is 317 g/mol. The molecule has 0 radical (unpaired) electrons. The molecule has 94 valence electrons. The Balaban J connectivity index is 2.23. The van der Waals surface area contributed by atoms with Crippen LogP contribution in [0.5, 0.6) is 0 Å². The van der Waals surface area contributed by atoms with Gasteiger partial charge in [-0.05, 0) is 28.1 Å². The Morgan fingerprint density at radius 2 is 2.06 bits per heavy atom. The second-order valence-corrected chi connectivity index (χ2v) is 5.00. The molecule has 0 N–H and O–H groups in total. The van der Waals surface area contributed by atoms with Gasteiger partial charge < -0.3 is 9.47 Å². The first-order valence-electron chi connectivity index (χ1n) is 5.07. The van der Waals surface area contributed by atoms with Gasteiger partial charge in [0.2, 0.25) is 0 Å². The molecule has 2 unspecified atom stereocenters. The normalized spacial score (nSPS) is 22.5. The monoisotopic (exact) mass is 326 g/mol. The molecule has 0 saturated carbocycles. The molecular formula is C11H10BrClF2O2. The fourth-order valence-electron chi connectivity index (χ4n) is 1.62. The van der Waals surface area contributed by atoms with Crippen molar-refractivity contribution >= 4 is 27.5 Å². The summed E-state index contributed by atoms with van der Waals surface area (Å²) >= 11 is 9.00. The van der Waals surface area contributed by atoms with E-state index in [9.17, 15) is 8.78 Å². The van der Waals surface area contributed by atoms with E-state index in [0.717, 1.165) is 12.1 Å². The van der Waals surface area contributed by atoms with Crippen LogP contribution in [0.4, 0.5) is 8.78 Å². The summed E-state index contributed by atoms with van der Waals surface area (Å²) in [5.41, 5.74) is 0.0860. The molecule has 6 heteroatoms. The van der Waals surface area contributed by atoms with Crippen LogP contribution < -0.4 is 0 Å². The van der Waals surface area contributed by atoms with E-state index < -0.39 is 23.1 Å². The molecule has 1 aromatic carbocycles.